The second kappa shape index (κ2) is 5.24. The second-order valence-corrected chi connectivity index (χ2v) is 3.83. The first-order valence-corrected chi connectivity index (χ1v) is 5.48. The van der Waals surface area contributed by atoms with Gasteiger partial charge < -0.3 is 16.2 Å². The molecule has 0 saturated heterocycles. The Kier molecular flexibility index (Phi) is 3.48. The lowest BCUT2D eigenvalue weighted by molar-refractivity contribution is 0.0698. The lowest BCUT2D eigenvalue weighted by atomic mass is 10.1. The van der Waals surface area contributed by atoms with Gasteiger partial charge in [-0.2, -0.15) is 5.26 Å². The number of nitriles is 1. The number of nitrogens with one attached hydrogen (secondary N) is 1. The molecule has 0 radical (unpaired) electrons. The third-order valence-corrected chi connectivity index (χ3v) is 2.60. The number of carboxylic acids is 1. The molecule has 0 aliphatic rings. The average molecular weight is 272 g/mol. The minimum absolute atomic E-state index is 0.0481. The largest absolute Gasteiger partial charge is 0.478 e. The molecule has 1 aromatic carbocycles. The first kappa shape index (κ1) is 13.3. The molecule has 0 saturated carbocycles. The predicted molar refractivity (Wildman–Crippen MR) is 70.0 cm³/mol. The summed E-state index contributed by atoms with van der Waals surface area (Å²) >= 11 is 0. The molecule has 0 amide bonds. The third-order valence-electron chi connectivity index (χ3n) is 2.60. The second-order valence-electron chi connectivity index (χ2n) is 3.83. The van der Waals surface area contributed by atoms with Gasteiger partial charge in [0.05, 0.1) is 16.9 Å². The van der Waals surface area contributed by atoms with E-state index in [1.165, 1.54) is 24.4 Å². The Hall–Kier alpha value is -3.14. The van der Waals surface area contributed by atoms with Crippen molar-refractivity contribution in [2.75, 3.05) is 11.1 Å². The van der Waals surface area contributed by atoms with Crippen molar-refractivity contribution in [3.05, 3.63) is 47.4 Å². The molecule has 0 atom stereocenters. The summed E-state index contributed by atoms with van der Waals surface area (Å²) in [6, 6.07) is 7.00. The van der Waals surface area contributed by atoms with Crippen LogP contribution in [-0.4, -0.2) is 16.1 Å². The topological polar surface area (TPSA) is 112 Å². The lowest BCUT2D eigenvalue weighted by Gasteiger charge is -2.11. The number of pyridine rings is 1. The molecular formula is C13H9FN4O2. The number of aromatic nitrogens is 1. The Morgan fingerprint density at radius 3 is 2.85 bits per heavy atom. The van der Waals surface area contributed by atoms with Crippen LogP contribution in [0, 0.1) is 17.1 Å². The lowest BCUT2D eigenvalue weighted by Crippen LogP contribution is -2.07. The van der Waals surface area contributed by atoms with Gasteiger partial charge in [0.1, 0.15) is 17.4 Å². The molecule has 4 N–H and O–H groups in total. The number of hydrogen-bond donors (Lipinski definition) is 3. The highest BCUT2D eigenvalue weighted by atomic mass is 19.1. The quantitative estimate of drug-likeness (QED) is 0.788. The molecule has 2 rings (SSSR count). The molecule has 0 aliphatic heterocycles. The van der Waals surface area contributed by atoms with Gasteiger partial charge in [-0.05, 0) is 18.2 Å². The minimum Gasteiger partial charge on any atom is -0.478 e. The highest BCUT2D eigenvalue weighted by molar-refractivity contribution is 5.96. The van der Waals surface area contributed by atoms with Crippen molar-refractivity contribution in [3.8, 4) is 6.07 Å². The van der Waals surface area contributed by atoms with Gasteiger partial charge in [-0.3, -0.25) is 0 Å². The van der Waals surface area contributed by atoms with E-state index in [2.05, 4.69) is 10.3 Å². The van der Waals surface area contributed by atoms with Crippen molar-refractivity contribution in [3.63, 3.8) is 0 Å². The highest BCUT2D eigenvalue weighted by Gasteiger charge is 2.14. The zero-order chi connectivity index (χ0) is 14.7. The Bertz CT molecular complexity index is 725. The standard InChI is InChI=1S/C13H9FN4O2/c14-9-2-1-3-10(8(9)6-15)18-12-11(16)7(13(19)20)4-5-17-12/h1-5H,16H2,(H,17,18)(H,19,20). The summed E-state index contributed by atoms with van der Waals surface area (Å²) in [6.07, 6.45) is 1.26. The fourth-order valence-electron chi connectivity index (χ4n) is 1.63. The van der Waals surface area contributed by atoms with E-state index >= 15 is 0 Å². The third kappa shape index (κ3) is 2.35. The maximum Gasteiger partial charge on any atom is 0.337 e. The average Bonchev–Trinajstić information content (AvgIpc) is 2.41. The van der Waals surface area contributed by atoms with Crippen LogP contribution in [0.25, 0.3) is 0 Å². The van der Waals surface area contributed by atoms with Crippen LogP contribution in [0.4, 0.5) is 21.6 Å². The van der Waals surface area contributed by atoms with Crippen molar-refractivity contribution in [2.45, 2.75) is 0 Å². The molecular weight excluding hydrogens is 263 g/mol. The van der Waals surface area contributed by atoms with Gasteiger partial charge in [0.15, 0.2) is 5.82 Å². The summed E-state index contributed by atoms with van der Waals surface area (Å²) in [7, 11) is 0. The highest BCUT2D eigenvalue weighted by Crippen LogP contribution is 2.26. The van der Waals surface area contributed by atoms with Crippen LogP contribution >= 0.6 is 0 Å². The number of rotatable bonds is 3. The van der Waals surface area contributed by atoms with Crippen molar-refractivity contribution in [1.29, 1.82) is 5.26 Å². The molecule has 1 heterocycles. The van der Waals surface area contributed by atoms with E-state index in [1.807, 2.05) is 0 Å². The van der Waals surface area contributed by atoms with Gasteiger partial charge in [0.25, 0.3) is 0 Å². The summed E-state index contributed by atoms with van der Waals surface area (Å²) in [5.74, 6) is -1.84. The number of hydrogen-bond acceptors (Lipinski definition) is 5. The summed E-state index contributed by atoms with van der Waals surface area (Å²) in [5.41, 5.74) is 5.42. The summed E-state index contributed by atoms with van der Waals surface area (Å²) in [6.45, 7) is 0. The minimum atomic E-state index is -1.20. The van der Waals surface area contributed by atoms with Gasteiger partial charge in [-0.1, -0.05) is 6.07 Å². The number of halogens is 1. The van der Waals surface area contributed by atoms with Crippen molar-refractivity contribution in [2.24, 2.45) is 0 Å². The van der Waals surface area contributed by atoms with E-state index in [9.17, 15) is 9.18 Å². The Morgan fingerprint density at radius 1 is 1.45 bits per heavy atom. The fraction of sp³-hybridized carbons (Fsp3) is 0. The molecule has 0 bridgehead atoms. The van der Waals surface area contributed by atoms with Gasteiger partial charge in [0.2, 0.25) is 0 Å². The SMILES string of the molecule is N#Cc1c(F)cccc1Nc1nccc(C(=O)O)c1N. The van der Waals surface area contributed by atoms with E-state index < -0.39 is 11.8 Å². The first-order chi connectivity index (χ1) is 9.54. The van der Waals surface area contributed by atoms with Crippen LogP contribution in [0.1, 0.15) is 15.9 Å². The van der Waals surface area contributed by atoms with E-state index in [1.54, 1.807) is 6.07 Å². The monoisotopic (exact) mass is 272 g/mol. The van der Waals surface area contributed by atoms with Gasteiger partial charge in [-0.15, -0.1) is 0 Å². The summed E-state index contributed by atoms with van der Waals surface area (Å²) in [5, 5.41) is 20.5. The normalized spacial score (nSPS) is 9.80. The number of nitrogens with two attached hydrogens (primary N) is 1. The molecule has 100 valence electrons. The van der Waals surface area contributed by atoms with Crippen LogP contribution in [0.2, 0.25) is 0 Å². The van der Waals surface area contributed by atoms with E-state index in [0.29, 0.717) is 0 Å². The molecule has 0 aliphatic carbocycles. The zero-order valence-electron chi connectivity index (χ0n) is 10.1. The number of aromatic carboxylic acids is 1. The summed E-state index contributed by atoms with van der Waals surface area (Å²) < 4.78 is 13.5. The van der Waals surface area contributed by atoms with Crippen LogP contribution in [0.15, 0.2) is 30.5 Å². The van der Waals surface area contributed by atoms with Gasteiger partial charge in [0, 0.05) is 6.20 Å². The number of benzene rings is 1. The van der Waals surface area contributed by atoms with E-state index in [-0.39, 0.29) is 28.3 Å². The predicted octanol–water partition coefficient (Wildman–Crippen LogP) is 2.12. The molecule has 6 nitrogen and oxygen atoms in total. The Balaban J connectivity index is 2.47. The van der Waals surface area contributed by atoms with E-state index in [4.69, 9.17) is 16.1 Å². The Morgan fingerprint density at radius 2 is 2.20 bits per heavy atom. The number of anilines is 3. The fourth-order valence-corrected chi connectivity index (χ4v) is 1.63. The van der Waals surface area contributed by atoms with Crippen molar-refractivity contribution < 1.29 is 14.3 Å². The molecule has 0 unspecified atom stereocenters. The van der Waals surface area contributed by atoms with Crippen molar-refractivity contribution in [1.82, 2.24) is 4.98 Å². The maximum absolute atomic E-state index is 13.5. The maximum atomic E-state index is 13.5. The van der Waals surface area contributed by atoms with Crippen molar-refractivity contribution >= 4 is 23.2 Å². The molecule has 7 heteroatoms. The number of carboxylic acid groups (broad SMARTS) is 1. The number of nitrogens with zero attached hydrogens (tertiary/aromatic N) is 2. The number of carbonyl (C=O) groups is 1. The molecule has 20 heavy (non-hydrogen) atoms. The van der Waals surface area contributed by atoms with E-state index in [0.717, 1.165) is 6.07 Å². The zero-order valence-corrected chi connectivity index (χ0v) is 10.1. The smallest absolute Gasteiger partial charge is 0.337 e. The molecule has 2 aromatic rings. The Labute approximate surface area is 113 Å². The first-order valence-electron chi connectivity index (χ1n) is 5.48. The van der Waals surface area contributed by atoms with Crippen LogP contribution in [0.3, 0.4) is 0 Å². The van der Waals surface area contributed by atoms with Crippen LogP contribution < -0.4 is 11.1 Å². The molecule has 1 aromatic heterocycles. The molecule has 0 spiro atoms. The van der Waals surface area contributed by atoms with Gasteiger partial charge in [-0.25, -0.2) is 14.2 Å². The summed E-state index contributed by atoms with van der Waals surface area (Å²) in [4.78, 5) is 14.8. The van der Waals surface area contributed by atoms with Crippen LogP contribution in [-0.2, 0) is 0 Å². The van der Waals surface area contributed by atoms with Gasteiger partial charge >= 0.3 is 5.97 Å². The van der Waals surface area contributed by atoms with Crippen LogP contribution in [0.5, 0.6) is 0 Å². The number of nitrogen functional groups attached to an aromatic ring is 1. The molecule has 0 fully saturated rings.